The summed E-state index contributed by atoms with van der Waals surface area (Å²) in [6, 6.07) is 5.02. The number of allylic oxidation sites excluding steroid dienone is 1. The summed E-state index contributed by atoms with van der Waals surface area (Å²) in [6.07, 6.45) is 1.69. The van der Waals surface area contributed by atoms with Crippen LogP contribution in [0.15, 0.2) is 42.1 Å². The third-order valence-corrected chi connectivity index (χ3v) is 4.11. The molecule has 0 bridgehead atoms. The van der Waals surface area contributed by atoms with E-state index in [1.54, 1.807) is 17.6 Å². The van der Waals surface area contributed by atoms with Crippen molar-refractivity contribution < 1.29 is 23.1 Å². The number of imide groups is 1. The van der Waals surface area contributed by atoms with Crippen molar-refractivity contribution in [2.24, 2.45) is 0 Å². The van der Waals surface area contributed by atoms with Crippen molar-refractivity contribution in [1.82, 2.24) is 20.1 Å². The third-order valence-electron chi connectivity index (χ3n) is 3.14. The largest absolute Gasteiger partial charge is 0.435 e. The molecule has 0 aliphatic carbocycles. The number of hydrogen-bond acceptors (Lipinski definition) is 6. The van der Waals surface area contributed by atoms with Crippen LogP contribution < -0.4 is 10.1 Å². The topological polar surface area (TPSA) is 86.1 Å². The van der Waals surface area contributed by atoms with Gasteiger partial charge in [-0.05, 0) is 31.2 Å². The van der Waals surface area contributed by atoms with Crippen LogP contribution in [0, 0.1) is 6.92 Å². The third kappa shape index (κ3) is 5.38. The lowest BCUT2D eigenvalue weighted by molar-refractivity contribution is -0.117. The van der Waals surface area contributed by atoms with Crippen molar-refractivity contribution in [2.75, 3.05) is 5.75 Å². The molecule has 26 heavy (non-hydrogen) atoms. The van der Waals surface area contributed by atoms with Crippen molar-refractivity contribution in [2.45, 2.75) is 25.2 Å². The maximum Gasteiger partial charge on any atom is 0.387 e. The lowest BCUT2D eigenvalue weighted by Gasteiger charge is -2.07. The van der Waals surface area contributed by atoms with Crippen molar-refractivity contribution in [3.8, 4) is 5.75 Å². The normalized spacial score (nSPS) is 10.6. The van der Waals surface area contributed by atoms with Crippen LogP contribution in [0.1, 0.15) is 16.2 Å². The molecule has 2 rings (SSSR count). The molecule has 0 spiro atoms. The summed E-state index contributed by atoms with van der Waals surface area (Å²) in [5.41, 5.74) is 0.149. The number of nitrogens with zero attached hydrogens (tertiary/aromatic N) is 3. The fourth-order valence-electron chi connectivity index (χ4n) is 1.96. The summed E-state index contributed by atoms with van der Waals surface area (Å²) < 4.78 is 30.2. The summed E-state index contributed by atoms with van der Waals surface area (Å²) >= 11 is 1.14. The van der Waals surface area contributed by atoms with Crippen LogP contribution >= 0.6 is 11.8 Å². The number of aryl methyl sites for hydroxylation is 1. The summed E-state index contributed by atoms with van der Waals surface area (Å²) in [4.78, 5) is 23.9. The zero-order chi connectivity index (χ0) is 19.1. The molecule has 0 unspecified atom stereocenters. The number of halogens is 2. The van der Waals surface area contributed by atoms with E-state index in [0.717, 1.165) is 11.8 Å². The Labute approximate surface area is 152 Å². The minimum atomic E-state index is -2.94. The lowest BCUT2D eigenvalue weighted by Crippen LogP contribution is -2.31. The molecular formula is C16H16F2N4O3S. The number of amides is 2. The van der Waals surface area contributed by atoms with E-state index in [4.69, 9.17) is 0 Å². The van der Waals surface area contributed by atoms with Gasteiger partial charge in [-0.25, -0.2) is 0 Å². The van der Waals surface area contributed by atoms with Gasteiger partial charge in [0.1, 0.15) is 11.6 Å². The van der Waals surface area contributed by atoms with Gasteiger partial charge in [-0.2, -0.15) is 8.78 Å². The van der Waals surface area contributed by atoms with E-state index in [2.05, 4.69) is 26.8 Å². The fraction of sp³-hybridized carbons (Fsp3) is 0.250. The minimum absolute atomic E-state index is 0.0341. The van der Waals surface area contributed by atoms with Gasteiger partial charge in [0.15, 0.2) is 5.16 Å². The molecule has 0 aliphatic rings. The van der Waals surface area contributed by atoms with Crippen LogP contribution in [0.5, 0.6) is 5.75 Å². The summed E-state index contributed by atoms with van der Waals surface area (Å²) in [7, 11) is 0. The number of benzene rings is 1. The molecule has 0 fully saturated rings. The highest BCUT2D eigenvalue weighted by Crippen LogP contribution is 2.17. The number of rotatable bonds is 8. The molecule has 1 aromatic carbocycles. The van der Waals surface area contributed by atoms with E-state index in [9.17, 15) is 18.4 Å². The number of hydrogen-bond donors (Lipinski definition) is 1. The molecule has 138 valence electrons. The Balaban J connectivity index is 1.89. The number of alkyl halides is 2. The van der Waals surface area contributed by atoms with Crippen LogP contribution in [0.3, 0.4) is 0 Å². The second-order valence-electron chi connectivity index (χ2n) is 5.00. The second-order valence-corrected chi connectivity index (χ2v) is 5.94. The molecule has 0 aliphatic heterocycles. The molecule has 7 nitrogen and oxygen atoms in total. The molecule has 2 aromatic rings. The Bertz CT molecular complexity index is 793. The number of carbonyl (C=O) groups excluding carboxylic acids is 2. The van der Waals surface area contributed by atoms with Crippen molar-refractivity contribution >= 4 is 23.6 Å². The molecular weight excluding hydrogens is 366 g/mol. The molecule has 0 atom stereocenters. The Hall–Kier alpha value is -2.75. The van der Waals surface area contributed by atoms with Gasteiger partial charge in [-0.1, -0.05) is 17.8 Å². The maximum absolute atomic E-state index is 12.1. The zero-order valence-corrected chi connectivity index (χ0v) is 14.6. The molecule has 0 saturated carbocycles. The van der Waals surface area contributed by atoms with Gasteiger partial charge < -0.3 is 9.30 Å². The smallest absolute Gasteiger partial charge is 0.387 e. The van der Waals surface area contributed by atoms with E-state index < -0.39 is 18.4 Å². The van der Waals surface area contributed by atoms with E-state index in [1.807, 2.05) is 0 Å². The predicted octanol–water partition coefficient (Wildman–Crippen LogP) is 2.42. The van der Waals surface area contributed by atoms with Crippen LogP contribution in [-0.4, -0.2) is 38.9 Å². The summed E-state index contributed by atoms with van der Waals surface area (Å²) in [6.45, 7) is 3.00. The van der Waals surface area contributed by atoms with Gasteiger partial charge in [-0.15, -0.1) is 16.8 Å². The van der Waals surface area contributed by atoms with E-state index in [0.29, 0.717) is 17.5 Å². The Morgan fingerprint density at radius 3 is 2.65 bits per heavy atom. The molecule has 1 aromatic heterocycles. The van der Waals surface area contributed by atoms with Gasteiger partial charge in [0.25, 0.3) is 5.91 Å². The van der Waals surface area contributed by atoms with Gasteiger partial charge in [0.05, 0.1) is 5.75 Å². The number of aromatic nitrogens is 3. The fourth-order valence-corrected chi connectivity index (χ4v) is 2.75. The number of ether oxygens (including phenoxy) is 1. The molecule has 10 heteroatoms. The van der Waals surface area contributed by atoms with Gasteiger partial charge in [0, 0.05) is 12.1 Å². The second kappa shape index (κ2) is 9.09. The number of nitrogens with one attached hydrogen (secondary N) is 1. The average Bonchev–Trinajstić information content (AvgIpc) is 2.94. The van der Waals surface area contributed by atoms with Gasteiger partial charge in [0.2, 0.25) is 5.91 Å². The number of carbonyl (C=O) groups is 2. The Morgan fingerprint density at radius 2 is 2.04 bits per heavy atom. The first-order valence-electron chi connectivity index (χ1n) is 7.43. The quantitative estimate of drug-likeness (QED) is 0.557. The van der Waals surface area contributed by atoms with Crippen LogP contribution in [0.4, 0.5) is 8.78 Å². The van der Waals surface area contributed by atoms with Crippen molar-refractivity contribution in [3.05, 3.63) is 48.3 Å². The van der Waals surface area contributed by atoms with Crippen molar-refractivity contribution in [1.29, 1.82) is 0 Å². The minimum Gasteiger partial charge on any atom is -0.435 e. The molecule has 2 amide bonds. The maximum atomic E-state index is 12.1. The van der Waals surface area contributed by atoms with Crippen LogP contribution in [-0.2, 0) is 11.3 Å². The van der Waals surface area contributed by atoms with Crippen LogP contribution in [0.2, 0.25) is 0 Å². The van der Waals surface area contributed by atoms with Gasteiger partial charge in [-0.3, -0.25) is 14.9 Å². The standard InChI is InChI=1S/C16H16F2N4O3S/c1-3-8-22-10(2)20-21-16(22)26-9-13(23)19-14(24)11-4-6-12(7-5-11)25-15(17)18/h3-7,15H,1,8-9H2,2H3,(H,19,23,24). The first-order valence-corrected chi connectivity index (χ1v) is 8.41. The lowest BCUT2D eigenvalue weighted by atomic mass is 10.2. The Kier molecular flexibility index (Phi) is 6.84. The van der Waals surface area contributed by atoms with Gasteiger partial charge >= 0.3 is 6.61 Å². The van der Waals surface area contributed by atoms with E-state index >= 15 is 0 Å². The summed E-state index contributed by atoms with van der Waals surface area (Å²) in [5.74, 6) is -0.569. The number of thioether (sulfide) groups is 1. The highest BCUT2D eigenvalue weighted by Gasteiger charge is 2.14. The van der Waals surface area contributed by atoms with E-state index in [1.165, 1.54) is 24.3 Å². The average molecular weight is 382 g/mol. The highest BCUT2D eigenvalue weighted by atomic mass is 32.2. The summed E-state index contributed by atoms with van der Waals surface area (Å²) in [5, 5.41) is 10.7. The molecule has 0 radical (unpaired) electrons. The molecule has 1 N–H and O–H groups in total. The Morgan fingerprint density at radius 1 is 1.35 bits per heavy atom. The molecule has 1 heterocycles. The highest BCUT2D eigenvalue weighted by molar-refractivity contribution is 7.99. The van der Waals surface area contributed by atoms with Crippen LogP contribution in [0.25, 0.3) is 0 Å². The predicted molar refractivity (Wildman–Crippen MR) is 91.2 cm³/mol. The molecule has 0 saturated heterocycles. The first-order chi connectivity index (χ1) is 12.4. The van der Waals surface area contributed by atoms with Crippen molar-refractivity contribution in [3.63, 3.8) is 0 Å². The van der Waals surface area contributed by atoms with E-state index in [-0.39, 0.29) is 17.1 Å². The SMILES string of the molecule is C=CCn1c(C)nnc1SCC(=O)NC(=O)c1ccc(OC(F)F)cc1. The zero-order valence-electron chi connectivity index (χ0n) is 13.8. The first kappa shape index (κ1) is 19.6. The monoisotopic (exact) mass is 382 g/mol.